The second kappa shape index (κ2) is 5.85. The van der Waals surface area contributed by atoms with Gasteiger partial charge in [-0.1, -0.05) is 19.9 Å². The summed E-state index contributed by atoms with van der Waals surface area (Å²) in [4.78, 5) is 13.4. The molecule has 1 aliphatic rings. The van der Waals surface area contributed by atoms with Crippen LogP contribution in [0.4, 0.5) is 0 Å². The van der Waals surface area contributed by atoms with Crippen LogP contribution < -0.4 is 10.6 Å². The van der Waals surface area contributed by atoms with Gasteiger partial charge in [-0.25, -0.2) is 0 Å². The van der Waals surface area contributed by atoms with Crippen molar-refractivity contribution in [2.24, 2.45) is 5.92 Å². The molecule has 3 nitrogen and oxygen atoms in total. The van der Waals surface area contributed by atoms with Gasteiger partial charge in [-0.2, -0.15) is 0 Å². The second-order valence-corrected chi connectivity index (χ2v) is 6.55. The molecule has 2 heterocycles. The maximum atomic E-state index is 12.1. The van der Waals surface area contributed by atoms with Gasteiger partial charge in [0.1, 0.15) is 0 Å². The third-order valence-corrected chi connectivity index (χ3v) is 4.84. The Morgan fingerprint density at radius 3 is 2.83 bits per heavy atom. The number of nitrogens with one attached hydrogen (secondary N) is 2. The Kier molecular flexibility index (Phi) is 4.40. The van der Waals surface area contributed by atoms with Crippen LogP contribution in [0, 0.1) is 5.92 Å². The van der Waals surface area contributed by atoms with E-state index >= 15 is 0 Å². The fraction of sp³-hybridized carbons (Fsp3) is 0.643. The molecule has 1 aromatic rings. The SMILES string of the molecule is CC(C)(CNC(=O)C1CCNCC1)c1cccs1. The number of carbonyl (C=O) groups excluding carboxylic acids is 1. The number of hydrogen-bond acceptors (Lipinski definition) is 3. The van der Waals surface area contributed by atoms with Gasteiger partial charge in [-0.3, -0.25) is 4.79 Å². The van der Waals surface area contributed by atoms with Gasteiger partial charge in [-0.15, -0.1) is 11.3 Å². The maximum absolute atomic E-state index is 12.1. The van der Waals surface area contributed by atoms with Gasteiger partial charge in [0.25, 0.3) is 0 Å². The quantitative estimate of drug-likeness (QED) is 0.876. The summed E-state index contributed by atoms with van der Waals surface area (Å²) in [5.41, 5.74) is 0.0245. The lowest BCUT2D eigenvalue weighted by molar-refractivity contribution is -0.125. The highest BCUT2D eigenvalue weighted by molar-refractivity contribution is 7.10. The molecule has 1 aromatic heterocycles. The van der Waals surface area contributed by atoms with Crippen molar-refractivity contribution in [2.75, 3.05) is 19.6 Å². The normalized spacial score (nSPS) is 17.7. The van der Waals surface area contributed by atoms with Crippen LogP contribution in [0.25, 0.3) is 0 Å². The van der Waals surface area contributed by atoms with Crippen LogP contribution in [0.15, 0.2) is 17.5 Å². The number of piperidine rings is 1. The van der Waals surface area contributed by atoms with Crippen molar-refractivity contribution in [3.8, 4) is 0 Å². The minimum Gasteiger partial charge on any atom is -0.355 e. The molecule has 0 atom stereocenters. The van der Waals surface area contributed by atoms with Gasteiger partial charge in [0.15, 0.2) is 0 Å². The molecule has 0 saturated carbocycles. The minimum atomic E-state index is 0.0245. The second-order valence-electron chi connectivity index (χ2n) is 5.60. The van der Waals surface area contributed by atoms with Crippen molar-refractivity contribution in [1.29, 1.82) is 0 Å². The Morgan fingerprint density at radius 2 is 2.22 bits per heavy atom. The van der Waals surface area contributed by atoms with E-state index in [9.17, 15) is 4.79 Å². The van der Waals surface area contributed by atoms with Crippen LogP contribution in [-0.4, -0.2) is 25.5 Å². The summed E-state index contributed by atoms with van der Waals surface area (Å²) in [7, 11) is 0. The maximum Gasteiger partial charge on any atom is 0.223 e. The predicted molar refractivity (Wildman–Crippen MR) is 75.9 cm³/mol. The van der Waals surface area contributed by atoms with Gasteiger partial charge in [0, 0.05) is 22.8 Å². The summed E-state index contributed by atoms with van der Waals surface area (Å²) in [6, 6.07) is 4.21. The predicted octanol–water partition coefficient (Wildman–Crippen LogP) is 2.14. The topological polar surface area (TPSA) is 41.1 Å². The molecule has 4 heteroatoms. The molecule has 2 N–H and O–H groups in total. The van der Waals surface area contributed by atoms with Crippen LogP contribution in [-0.2, 0) is 10.2 Å². The van der Waals surface area contributed by atoms with E-state index in [1.54, 1.807) is 11.3 Å². The molecule has 100 valence electrons. The first-order valence-corrected chi connectivity index (χ1v) is 7.50. The number of rotatable bonds is 4. The first-order chi connectivity index (χ1) is 8.59. The highest BCUT2D eigenvalue weighted by Crippen LogP contribution is 2.26. The molecule has 1 amide bonds. The van der Waals surface area contributed by atoms with Gasteiger partial charge in [-0.05, 0) is 37.4 Å². The van der Waals surface area contributed by atoms with Crippen LogP contribution >= 0.6 is 11.3 Å². The molecular formula is C14H22N2OS. The fourth-order valence-corrected chi connectivity index (χ4v) is 3.14. The van der Waals surface area contributed by atoms with Gasteiger partial charge >= 0.3 is 0 Å². The molecule has 18 heavy (non-hydrogen) atoms. The van der Waals surface area contributed by atoms with Crippen molar-refractivity contribution in [2.45, 2.75) is 32.1 Å². The van der Waals surface area contributed by atoms with E-state index in [1.165, 1.54) is 4.88 Å². The van der Waals surface area contributed by atoms with Crippen LogP contribution in [0.3, 0.4) is 0 Å². The van der Waals surface area contributed by atoms with Crippen molar-refractivity contribution < 1.29 is 4.79 Å². The van der Waals surface area contributed by atoms with Crippen LogP contribution in [0.1, 0.15) is 31.6 Å². The van der Waals surface area contributed by atoms with E-state index in [2.05, 4.69) is 42.0 Å². The summed E-state index contributed by atoms with van der Waals surface area (Å²) in [5, 5.41) is 8.50. The highest BCUT2D eigenvalue weighted by Gasteiger charge is 2.25. The molecule has 1 fully saturated rings. The standard InChI is InChI=1S/C14H22N2OS/c1-14(2,12-4-3-9-18-12)10-16-13(17)11-5-7-15-8-6-11/h3-4,9,11,15H,5-8,10H2,1-2H3,(H,16,17). The zero-order valence-corrected chi connectivity index (χ0v) is 12.0. The van der Waals surface area contributed by atoms with Crippen LogP contribution in [0.2, 0.25) is 0 Å². The Bertz CT molecular complexity index is 381. The van der Waals surface area contributed by atoms with E-state index < -0.39 is 0 Å². The molecular weight excluding hydrogens is 244 g/mol. The lowest BCUT2D eigenvalue weighted by atomic mass is 9.90. The number of hydrogen-bond donors (Lipinski definition) is 2. The summed E-state index contributed by atoms with van der Waals surface area (Å²) in [5.74, 6) is 0.423. The Morgan fingerprint density at radius 1 is 1.50 bits per heavy atom. The van der Waals surface area contributed by atoms with Gasteiger partial charge in [0.2, 0.25) is 5.91 Å². The number of carbonyl (C=O) groups is 1. The van der Waals surface area contributed by atoms with E-state index in [0.29, 0.717) is 0 Å². The largest absolute Gasteiger partial charge is 0.355 e. The summed E-state index contributed by atoms with van der Waals surface area (Å²) >= 11 is 1.76. The molecule has 0 spiro atoms. The molecule has 0 bridgehead atoms. The first kappa shape index (κ1) is 13.6. The summed E-state index contributed by atoms with van der Waals surface area (Å²) in [6.07, 6.45) is 1.93. The average molecular weight is 266 g/mol. The van der Waals surface area contributed by atoms with Gasteiger partial charge in [0.05, 0.1) is 0 Å². The Labute approximate surface area is 113 Å². The first-order valence-electron chi connectivity index (χ1n) is 6.62. The smallest absolute Gasteiger partial charge is 0.223 e. The molecule has 1 saturated heterocycles. The molecule has 0 radical (unpaired) electrons. The molecule has 1 aliphatic heterocycles. The Hall–Kier alpha value is -0.870. The van der Waals surface area contributed by atoms with E-state index in [4.69, 9.17) is 0 Å². The van der Waals surface area contributed by atoms with Gasteiger partial charge < -0.3 is 10.6 Å². The van der Waals surface area contributed by atoms with E-state index in [1.807, 2.05) is 0 Å². The number of amides is 1. The zero-order chi connectivity index (χ0) is 13.0. The van der Waals surface area contributed by atoms with Crippen molar-refractivity contribution in [1.82, 2.24) is 10.6 Å². The fourth-order valence-electron chi connectivity index (χ4n) is 2.29. The third-order valence-electron chi connectivity index (χ3n) is 3.60. The van der Waals surface area contributed by atoms with E-state index in [0.717, 1.165) is 32.5 Å². The zero-order valence-electron chi connectivity index (χ0n) is 11.2. The van der Waals surface area contributed by atoms with Crippen molar-refractivity contribution in [3.63, 3.8) is 0 Å². The minimum absolute atomic E-state index is 0.0245. The van der Waals surface area contributed by atoms with E-state index in [-0.39, 0.29) is 17.2 Å². The molecule has 0 aliphatic carbocycles. The Balaban J connectivity index is 1.85. The van der Waals surface area contributed by atoms with Crippen LogP contribution in [0.5, 0.6) is 0 Å². The highest BCUT2D eigenvalue weighted by atomic mass is 32.1. The third kappa shape index (κ3) is 3.33. The average Bonchev–Trinajstić information content (AvgIpc) is 2.92. The molecule has 0 aromatic carbocycles. The van der Waals surface area contributed by atoms with Crippen molar-refractivity contribution >= 4 is 17.2 Å². The lowest BCUT2D eigenvalue weighted by Crippen LogP contribution is -2.42. The summed E-state index contributed by atoms with van der Waals surface area (Å²) in [6.45, 7) is 7.01. The monoisotopic (exact) mass is 266 g/mol. The molecule has 2 rings (SSSR count). The molecule has 0 unspecified atom stereocenters. The lowest BCUT2D eigenvalue weighted by Gasteiger charge is -2.27. The van der Waals surface area contributed by atoms with Crippen molar-refractivity contribution in [3.05, 3.63) is 22.4 Å². The number of thiophene rings is 1. The summed E-state index contributed by atoms with van der Waals surface area (Å²) < 4.78 is 0.